The van der Waals surface area contributed by atoms with E-state index >= 15 is 0 Å². The second-order valence-corrected chi connectivity index (χ2v) is 6.68. The lowest BCUT2D eigenvalue weighted by Crippen LogP contribution is -2.22. The van der Waals surface area contributed by atoms with Crippen molar-refractivity contribution < 1.29 is 19.1 Å². The number of rotatable bonds is 5. The molecule has 25 heavy (non-hydrogen) atoms. The van der Waals surface area contributed by atoms with Gasteiger partial charge in [0.2, 0.25) is 5.91 Å². The normalized spacial score (nSPS) is 10.8. The largest absolute Gasteiger partial charge is 0.545 e. The molecule has 9 heteroatoms. The number of carboxylic acid groups (broad SMARTS) is 1. The van der Waals surface area contributed by atoms with E-state index in [1.165, 1.54) is 18.2 Å². The van der Waals surface area contributed by atoms with Crippen LogP contribution in [0.15, 0.2) is 46.0 Å². The van der Waals surface area contributed by atoms with Crippen molar-refractivity contribution in [3.05, 3.63) is 52.0 Å². The van der Waals surface area contributed by atoms with Crippen LogP contribution in [0.1, 0.15) is 10.4 Å². The first-order chi connectivity index (χ1) is 11.9. The van der Waals surface area contributed by atoms with Gasteiger partial charge in [0.1, 0.15) is 5.52 Å². The molecule has 0 aliphatic carbocycles. The highest BCUT2D eigenvalue weighted by atomic mass is 35.5. The molecule has 128 valence electrons. The number of carboxylic acids is 1. The SMILES string of the molecule is O=C(CSc1nc2cc(Cl)ccc2o1)Nc1cc(C(=O)[O-])ccc1Cl. The highest BCUT2D eigenvalue weighted by Gasteiger charge is 2.12. The van der Waals surface area contributed by atoms with Crippen molar-refractivity contribution in [2.24, 2.45) is 0 Å². The summed E-state index contributed by atoms with van der Waals surface area (Å²) in [6, 6.07) is 8.95. The maximum absolute atomic E-state index is 12.0. The van der Waals surface area contributed by atoms with Crippen LogP contribution in [0.5, 0.6) is 0 Å². The molecule has 1 aromatic heterocycles. The van der Waals surface area contributed by atoms with Gasteiger partial charge in [-0.05, 0) is 35.9 Å². The molecule has 1 amide bonds. The molecule has 0 spiro atoms. The molecule has 0 saturated heterocycles. The summed E-state index contributed by atoms with van der Waals surface area (Å²) in [5, 5.41) is 14.5. The summed E-state index contributed by atoms with van der Waals surface area (Å²) < 4.78 is 5.50. The van der Waals surface area contributed by atoms with E-state index in [0.717, 1.165) is 11.8 Å². The minimum Gasteiger partial charge on any atom is -0.545 e. The predicted molar refractivity (Wildman–Crippen MR) is 94.2 cm³/mol. The number of carbonyl (C=O) groups is 2. The van der Waals surface area contributed by atoms with E-state index in [4.69, 9.17) is 27.6 Å². The number of anilines is 1. The number of hydrogen-bond donors (Lipinski definition) is 1. The van der Waals surface area contributed by atoms with Gasteiger partial charge in [-0.2, -0.15) is 0 Å². The van der Waals surface area contributed by atoms with Crippen LogP contribution in [-0.2, 0) is 4.79 Å². The molecule has 0 aliphatic heterocycles. The molecule has 3 rings (SSSR count). The molecule has 1 N–H and O–H groups in total. The van der Waals surface area contributed by atoms with Crippen LogP contribution < -0.4 is 10.4 Å². The molecule has 0 fully saturated rings. The quantitative estimate of drug-likeness (QED) is 0.666. The van der Waals surface area contributed by atoms with Crippen molar-refractivity contribution in [3.63, 3.8) is 0 Å². The molecule has 0 aliphatic rings. The third kappa shape index (κ3) is 4.25. The lowest BCUT2D eigenvalue weighted by Gasteiger charge is -2.09. The minimum atomic E-state index is -1.35. The van der Waals surface area contributed by atoms with Crippen LogP contribution in [0.2, 0.25) is 10.0 Å². The van der Waals surface area contributed by atoms with Gasteiger partial charge in [0.25, 0.3) is 5.22 Å². The van der Waals surface area contributed by atoms with Crippen LogP contribution in [0.25, 0.3) is 11.1 Å². The van der Waals surface area contributed by atoms with Crippen LogP contribution in [0, 0.1) is 0 Å². The van der Waals surface area contributed by atoms with Gasteiger partial charge in [0.05, 0.1) is 22.4 Å². The number of fused-ring (bicyclic) bond motifs is 1. The maximum Gasteiger partial charge on any atom is 0.257 e. The van der Waals surface area contributed by atoms with Gasteiger partial charge in [0.15, 0.2) is 5.58 Å². The number of halogens is 2. The number of nitrogens with one attached hydrogen (secondary N) is 1. The van der Waals surface area contributed by atoms with E-state index < -0.39 is 5.97 Å². The standard InChI is InChI=1S/C16H10Cl2N2O4S/c17-9-2-4-13-12(6-9)20-16(24-13)25-7-14(21)19-11-5-8(15(22)23)1-3-10(11)18/h1-6H,7H2,(H,19,21)(H,22,23)/p-1. The monoisotopic (exact) mass is 395 g/mol. The van der Waals surface area contributed by atoms with Gasteiger partial charge in [-0.1, -0.05) is 41.0 Å². The number of aromatic carboxylic acids is 1. The van der Waals surface area contributed by atoms with Crippen molar-refractivity contribution in [3.8, 4) is 0 Å². The van der Waals surface area contributed by atoms with Gasteiger partial charge >= 0.3 is 0 Å². The zero-order chi connectivity index (χ0) is 18.0. The highest BCUT2D eigenvalue weighted by molar-refractivity contribution is 7.99. The average Bonchev–Trinajstić information content (AvgIpc) is 2.96. The minimum absolute atomic E-state index is 0.00638. The molecule has 2 aromatic carbocycles. The summed E-state index contributed by atoms with van der Waals surface area (Å²) in [5.74, 6) is -1.73. The molecule has 0 bridgehead atoms. The van der Waals surface area contributed by atoms with E-state index in [2.05, 4.69) is 10.3 Å². The average molecular weight is 396 g/mol. The van der Waals surface area contributed by atoms with E-state index in [9.17, 15) is 14.7 Å². The Hall–Kier alpha value is -2.22. The molecular weight excluding hydrogens is 387 g/mol. The second-order valence-electron chi connectivity index (χ2n) is 4.91. The van der Waals surface area contributed by atoms with Gasteiger partial charge in [-0.15, -0.1) is 0 Å². The number of oxazole rings is 1. The predicted octanol–water partition coefficient (Wildman–Crippen LogP) is 3.23. The topological polar surface area (TPSA) is 95.3 Å². The van der Waals surface area contributed by atoms with Gasteiger partial charge in [-0.25, -0.2) is 4.98 Å². The van der Waals surface area contributed by atoms with Crippen molar-refractivity contribution in [1.29, 1.82) is 0 Å². The molecule has 0 radical (unpaired) electrons. The molecular formula is C16H9Cl2N2O4S-. The Bertz CT molecular complexity index is 974. The second kappa shape index (κ2) is 7.35. The number of benzene rings is 2. The zero-order valence-electron chi connectivity index (χ0n) is 12.4. The molecule has 6 nitrogen and oxygen atoms in total. The summed E-state index contributed by atoms with van der Waals surface area (Å²) in [6.45, 7) is 0. The van der Waals surface area contributed by atoms with Crippen molar-refractivity contribution in [2.45, 2.75) is 5.22 Å². The summed E-state index contributed by atoms with van der Waals surface area (Å²) in [4.78, 5) is 27.1. The Labute approximate surface area is 156 Å². The van der Waals surface area contributed by atoms with Gasteiger partial charge < -0.3 is 19.6 Å². The Morgan fingerprint density at radius 3 is 2.76 bits per heavy atom. The number of hydrogen-bond acceptors (Lipinski definition) is 6. The first-order valence-electron chi connectivity index (χ1n) is 6.92. The van der Waals surface area contributed by atoms with E-state index in [-0.39, 0.29) is 27.9 Å². The zero-order valence-corrected chi connectivity index (χ0v) is 14.7. The molecule has 1 heterocycles. The fourth-order valence-corrected chi connectivity index (χ4v) is 2.97. The lowest BCUT2D eigenvalue weighted by atomic mass is 10.2. The van der Waals surface area contributed by atoms with E-state index in [1.807, 2.05) is 0 Å². The Morgan fingerprint density at radius 1 is 1.20 bits per heavy atom. The van der Waals surface area contributed by atoms with Crippen molar-refractivity contribution >= 4 is 63.6 Å². The van der Waals surface area contributed by atoms with Gasteiger partial charge in [0, 0.05) is 5.02 Å². The smallest absolute Gasteiger partial charge is 0.257 e. The first-order valence-corrected chi connectivity index (χ1v) is 8.66. The molecule has 0 atom stereocenters. The third-order valence-corrected chi connectivity index (χ3v) is 4.53. The van der Waals surface area contributed by atoms with Gasteiger partial charge in [-0.3, -0.25) is 4.79 Å². The molecule has 0 unspecified atom stereocenters. The van der Waals surface area contributed by atoms with Crippen molar-refractivity contribution in [1.82, 2.24) is 4.98 Å². The fourth-order valence-electron chi connectivity index (χ4n) is 2.00. The first kappa shape index (κ1) is 17.6. The summed E-state index contributed by atoms with van der Waals surface area (Å²) in [5.41, 5.74) is 1.28. The Morgan fingerprint density at radius 2 is 2.00 bits per heavy atom. The molecule has 0 saturated carbocycles. The molecule has 3 aromatic rings. The fraction of sp³-hybridized carbons (Fsp3) is 0.0625. The summed E-state index contributed by atoms with van der Waals surface area (Å²) >= 11 is 12.9. The van der Waals surface area contributed by atoms with Crippen LogP contribution >= 0.6 is 35.0 Å². The summed E-state index contributed by atoms with van der Waals surface area (Å²) in [6.07, 6.45) is 0. The van der Waals surface area contributed by atoms with Crippen LogP contribution in [0.4, 0.5) is 5.69 Å². The Kier molecular flexibility index (Phi) is 5.17. The summed E-state index contributed by atoms with van der Waals surface area (Å²) in [7, 11) is 0. The van der Waals surface area contributed by atoms with Crippen molar-refractivity contribution in [2.75, 3.05) is 11.1 Å². The van der Waals surface area contributed by atoms with E-state index in [1.54, 1.807) is 18.2 Å². The number of amides is 1. The number of nitrogens with zero attached hydrogens (tertiary/aromatic N) is 1. The number of aromatic nitrogens is 1. The third-order valence-electron chi connectivity index (χ3n) is 3.13. The van der Waals surface area contributed by atoms with E-state index in [0.29, 0.717) is 21.3 Å². The highest BCUT2D eigenvalue weighted by Crippen LogP contribution is 2.27. The Balaban J connectivity index is 1.66. The van der Waals surface area contributed by atoms with Crippen LogP contribution in [-0.4, -0.2) is 22.6 Å². The lowest BCUT2D eigenvalue weighted by molar-refractivity contribution is -0.255. The number of carbonyl (C=O) groups excluding carboxylic acids is 2. The van der Waals surface area contributed by atoms with Crippen LogP contribution in [0.3, 0.4) is 0 Å². The number of thioether (sulfide) groups is 1. The maximum atomic E-state index is 12.0.